The average molecular weight is 816 g/mol. The molecule has 12 rings (SSSR count). The molecule has 64 heavy (non-hydrogen) atoms. The van der Waals surface area contributed by atoms with Gasteiger partial charge in [0.25, 0.3) is 0 Å². The highest BCUT2D eigenvalue weighted by Gasteiger charge is 2.18. The third-order valence-corrected chi connectivity index (χ3v) is 12.7. The van der Waals surface area contributed by atoms with Gasteiger partial charge in [0.05, 0.1) is 0 Å². The molecule has 0 aliphatic rings. The molecule has 0 amide bonds. The largest absolute Gasteiger partial charge is 0.455 e. The van der Waals surface area contributed by atoms with Gasteiger partial charge in [0.2, 0.25) is 0 Å². The fourth-order valence-corrected chi connectivity index (χ4v) is 9.58. The van der Waals surface area contributed by atoms with Crippen LogP contribution in [0.2, 0.25) is 0 Å². The van der Waals surface area contributed by atoms with Crippen LogP contribution in [0, 0.1) is 0 Å². The number of fused-ring (bicyclic) bond motifs is 6. The van der Waals surface area contributed by atoms with Gasteiger partial charge in [-0.05, 0) is 120 Å². The van der Waals surface area contributed by atoms with Crippen molar-refractivity contribution >= 4 is 60.5 Å². The summed E-state index contributed by atoms with van der Waals surface area (Å²) in [7, 11) is 0. The predicted octanol–water partition coefficient (Wildman–Crippen LogP) is 17.7. The van der Waals surface area contributed by atoms with E-state index in [0.717, 1.165) is 50.0 Å². The SMILES string of the molecule is c1ccc(-c2ccccc2-c2cccc(-c3ccc(N(c4ccc(-c5cccc6cccc(-c7ccccc7)c56)cc4)c4ccc5c(c4)oc4c6ccccc6ccc54)cc3)c2)cc1. The number of nitrogens with zero attached hydrogens (tertiary/aromatic N) is 1. The van der Waals surface area contributed by atoms with E-state index in [2.05, 4.69) is 254 Å². The Hall–Kier alpha value is -8.46. The molecule has 11 aromatic carbocycles. The van der Waals surface area contributed by atoms with Crippen molar-refractivity contribution in [2.75, 3.05) is 4.90 Å². The third kappa shape index (κ3) is 6.61. The fraction of sp³-hybridized carbons (Fsp3) is 0. The zero-order valence-electron chi connectivity index (χ0n) is 35.0. The molecule has 0 saturated carbocycles. The van der Waals surface area contributed by atoms with E-state index in [9.17, 15) is 0 Å². The molecule has 0 spiro atoms. The number of hydrogen-bond donors (Lipinski definition) is 0. The minimum absolute atomic E-state index is 0.860. The highest BCUT2D eigenvalue weighted by molar-refractivity contribution is 6.15. The Labute approximate surface area is 372 Å². The Morgan fingerprint density at radius 2 is 0.750 bits per heavy atom. The standard InChI is InChI=1S/C62H41NO/c1-3-14-43(15-4-1)53-23-9-10-24-54(53)49-22-11-21-48(40-49)42-28-33-50(34-29-42)63(52-37-39-58-59-38-32-45-18-7-8-25-57(45)62(59)64-60(58)41-52)51-35-30-46(31-36-51)56-27-13-20-47-19-12-26-55(61(47)56)44-16-5-2-6-17-44/h1-41H. The zero-order chi connectivity index (χ0) is 42.4. The lowest BCUT2D eigenvalue weighted by molar-refractivity contribution is 0.672. The molecule has 300 valence electrons. The molecule has 1 aromatic heterocycles. The molecule has 0 bridgehead atoms. The third-order valence-electron chi connectivity index (χ3n) is 12.7. The Morgan fingerprint density at radius 3 is 1.45 bits per heavy atom. The smallest absolute Gasteiger partial charge is 0.143 e. The summed E-state index contributed by atoms with van der Waals surface area (Å²) in [5.41, 5.74) is 16.9. The Kier molecular flexibility index (Phi) is 9.20. The van der Waals surface area contributed by atoms with Crippen LogP contribution in [0.15, 0.2) is 253 Å². The summed E-state index contributed by atoms with van der Waals surface area (Å²) in [5.74, 6) is 0. The van der Waals surface area contributed by atoms with E-state index in [0.29, 0.717) is 0 Å². The topological polar surface area (TPSA) is 16.4 Å². The lowest BCUT2D eigenvalue weighted by Crippen LogP contribution is -2.09. The molecular weight excluding hydrogens is 775 g/mol. The quantitative estimate of drug-likeness (QED) is 0.152. The van der Waals surface area contributed by atoms with Gasteiger partial charge < -0.3 is 9.32 Å². The molecule has 0 radical (unpaired) electrons. The van der Waals surface area contributed by atoms with Crippen LogP contribution in [0.3, 0.4) is 0 Å². The molecule has 2 nitrogen and oxygen atoms in total. The maximum absolute atomic E-state index is 6.73. The number of furan rings is 1. The molecule has 0 fully saturated rings. The molecule has 2 heteroatoms. The summed E-state index contributed by atoms with van der Waals surface area (Å²) in [5, 5.41) is 7.00. The first-order valence-electron chi connectivity index (χ1n) is 21.9. The van der Waals surface area contributed by atoms with Gasteiger partial charge in [-0.15, -0.1) is 0 Å². The van der Waals surface area contributed by atoms with Gasteiger partial charge in [0.1, 0.15) is 11.2 Å². The highest BCUT2D eigenvalue weighted by atomic mass is 16.3. The summed E-state index contributed by atoms with van der Waals surface area (Å²) in [4.78, 5) is 2.34. The lowest BCUT2D eigenvalue weighted by atomic mass is 9.91. The summed E-state index contributed by atoms with van der Waals surface area (Å²) >= 11 is 0. The number of benzene rings is 11. The van der Waals surface area contributed by atoms with Crippen LogP contribution >= 0.6 is 0 Å². The minimum atomic E-state index is 0.860. The van der Waals surface area contributed by atoms with Crippen molar-refractivity contribution in [3.63, 3.8) is 0 Å². The predicted molar refractivity (Wildman–Crippen MR) is 271 cm³/mol. The van der Waals surface area contributed by atoms with Gasteiger partial charge >= 0.3 is 0 Å². The van der Waals surface area contributed by atoms with Crippen molar-refractivity contribution in [2.45, 2.75) is 0 Å². The minimum Gasteiger partial charge on any atom is -0.455 e. The first kappa shape index (κ1) is 37.3. The fourth-order valence-electron chi connectivity index (χ4n) is 9.58. The van der Waals surface area contributed by atoms with Gasteiger partial charge in [0, 0.05) is 39.3 Å². The second-order valence-electron chi connectivity index (χ2n) is 16.4. The van der Waals surface area contributed by atoms with Crippen LogP contribution in [-0.2, 0) is 0 Å². The van der Waals surface area contributed by atoms with Gasteiger partial charge in [-0.25, -0.2) is 0 Å². The number of hydrogen-bond acceptors (Lipinski definition) is 2. The van der Waals surface area contributed by atoms with Gasteiger partial charge in [-0.1, -0.05) is 194 Å². The van der Waals surface area contributed by atoms with Gasteiger partial charge in [-0.2, -0.15) is 0 Å². The van der Waals surface area contributed by atoms with Crippen molar-refractivity contribution < 1.29 is 4.42 Å². The molecule has 1 heterocycles. The molecule has 0 aliphatic carbocycles. The van der Waals surface area contributed by atoms with Crippen LogP contribution in [0.1, 0.15) is 0 Å². The van der Waals surface area contributed by atoms with E-state index in [1.54, 1.807) is 0 Å². The van der Waals surface area contributed by atoms with Crippen molar-refractivity contribution in [1.82, 2.24) is 0 Å². The second-order valence-corrected chi connectivity index (χ2v) is 16.4. The van der Waals surface area contributed by atoms with E-state index < -0.39 is 0 Å². The van der Waals surface area contributed by atoms with Crippen LogP contribution in [-0.4, -0.2) is 0 Å². The van der Waals surface area contributed by atoms with Crippen molar-refractivity contribution in [3.05, 3.63) is 249 Å². The van der Waals surface area contributed by atoms with Crippen molar-refractivity contribution in [3.8, 4) is 55.6 Å². The Bertz CT molecular complexity index is 3640. The van der Waals surface area contributed by atoms with Gasteiger partial charge in [-0.3, -0.25) is 0 Å². The van der Waals surface area contributed by atoms with Crippen LogP contribution < -0.4 is 4.90 Å². The van der Waals surface area contributed by atoms with Crippen LogP contribution in [0.4, 0.5) is 17.1 Å². The molecule has 0 unspecified atom stereocenters. The summed E-state index contributed by atoms with van der Waals surface area (Å²) < 4.78 is 6.73. The average Bonchev–Trinajstić information content (AvgIpc) is 3.76. The van der Waals surface area contributed by atoms with E-state index in [-0.39, 0.29) is 0 Å². The number of rotatable bonds is 8. The van der Waals surface area contributed by atoms with E-state index in [1.165, 1.54) is 66.2 Å². The molecule has 0 aliphatic heterocycles. The van der Waals surface area contributed by atoms with E-state index in [4.69, 9.17) is 4.42 Å². The Balaban J connectivity index is 0.958. The van der Waals surface area contributed by atoms with Crippen molar-refractivity contribution in [2.24, 2.45) is 0 Å². The van der Waals surface area contributed by atoms with Crippen LogP contribution in [0.5, 0.6) is 0 Å². The molecule has 0 saturated heterocycles. The second kappa shape index (κ2) is 15.8. The maximum Gasteiger partial charge on any atom is 0.143 e. The molecule has 12 aromatic rings. The van der Waals surface area contributed by atoms with Gasteiger partial charge in [0.15, 0.2) is 0 Å². The summed E-state index contributed by atoms with van der Waals surface area (Å²) in [6.07, 6.45) is 0. The zero-order valence-corrected chi connectivity index (χ0v) is 35.0. The number of anilines is 3. The molecular formula is C62H41NO. The van der Waals surface area contributed by atoms with E-state index >= 15 is 0 Å². The monoisotopic (exact) mass is 815 g/mol. The lowest BCUT2D eigenvalue weighted by Gasteiger charge is -2.26. The van der Waals surface area contributed by atoms with Crippen LogP contribution in [0.25, 0.3) is 99.1 Å². The Morgan fingerprint density at radius 1 is 0.266 bits per heavy atom. The highest BCUT2D eigenvalue weighted by Crippen LogP contribution is 2.43. The summed E-state index contributed by atoms with van der Waals surface area (Å²) in [6.45, 7) is 0. The molecule has 0 atom stereocenters. The first-order chi connectivity index (χ1) is 31.7. The summed E-state index contributed by atoms with van der Waals surface area (Å²) in [6, 6.07) is 89.5. The van der Waals surface area contributed by atoms with Crippen molar-refractivity contribution in [1.29, 1.82) is 0 Å². The maximum atomic E-state index is 6.73. The normalized spacial score (nSPS) is 11.4. The first-order valence-corrected chi connectivity index (χ1v) is 21.9. The van der Waals surface area contributed by atoms with E-state index in [1.807, 2.05) is 0 Å². The molecule has 0 N–H and O–H groups in total.